The van der Waals surface area contributed by atoms with Gasteiger partial charge < -0.3 is 100 Å². The van der Waals surface area contributed by atoms with Gasteiger partial charge in [0.15, 0.2) is 12.6 Å². The molecular formula is C78H142N2O21. The van der Waals surface area contributed by atoms with Gasteiger partial charge in [-0.05, 0) is 51.4 Å². The molecule has 0 aromatic carbocycles. The number of amides is 2. The molecule has 3 heterocycles. The van der Waals surface area contributed by atoms with Crippen molar-refractivity contribution >= 4 is 17.8 Å². The highest BCUT2D eigenvalue weighted by atomic mass is 16.8. The van der Waals surface area contributed by atoms with Gasteiger partial charge in [-0.25, -0.2) is 4.79 Å². The van der Waals surface area contributed by atoms with E-state index in [0.717, 1.165) is 58.3 Å². The monoisotopic (exact) mass is 1440 g/mol. The average Bonchev–Trinajstić information content (AvgIpc) is 0.756. The molecule has 0 radical (unpaired) electrons. The van der Waals surface area contributed by atoms with Crippen LogP contribution in [0.25, 0.3) is 0 Å². The van der Waals surface area contributed by atoms with E-state index >= 15 is 0 Å². The Labute approximate surface area is 606 Å². The van der Waals surface area contributed by atoms with Crippen LogP contribution in [0, 0.1) is 0 Å². The van der Waals surface area contributed by atoms with Crippen molar-refractivity contribution < 1.29 is 104 Å². The minimum Gasteiger partial charge on any atom is -0.477 e. The summed E-state index contributed by atoms with van der Waals surface area (Å²) in [5.41, 5.74) is 0. The molecule has 0 saturated carbocycles. The van der Waals surface area contributed by atoms with Gasteiger partial charge in [0, 0.05) is 19.8 Å². The number of aliphatic hydroxyl groups is 11. The third kappa shape index (κ3) is 37.9. The maximum atomic E-state index is 13.5. The smallest absolute Gasteiger partial charge is 0.364 e. The zero-order valence-electron chi connectivity index (χ0n) is 62.3. The van der Waals surface area contributed by atoms with Gasteiger partial charge in [-0.1, -0.05) is 269 Å². The lowest BCUT2D eigenvalue weighted by Crippen LogP contribution is -2.70. The maximum Gasteiger partial charge on any atom is 0.364 e. The molecule has 23 nitrogen and oxygen atoms in total. The number of rotatable bonds is 62. The number of aliphatic hydroxyl groups excluding tert-OH is 11. The zero-order valence-corrected chi connectivity index (χ0v) is 62.3. The Balaban J connectivity index is 1.43. The van der Waals surface area contributed by atoms with Gasteiger partial charge in [0.2, 0.25) is 11.8 Å². The zero-order chi connectivity index (χ0) is 73.9. The molecular weight excluding hydrogens is 1300 g/mol. The van der Waals surface area contributed by atoms with Crippen LogP contribution in [0.15, 0.2) is 36.5 Å². The van der Waals surface area contributed by atoms with E-state index in [1.54, 1.807) is 6.08 Å². The maximum absolute atomic E-state index is 13.5. The summed E-state index contributed by atoms with van der Waals surface area (Å²) in [5.74, 6) is -6.14. The molecule has 14 N–H and O–H groups in total. The first-order chi connectivity index (χ1) is 48.9. The fourth-order valence-electron chi connectivity index (χ4n) is 13.7. The predicted octanol–water partition coefficient (Wildman–Crippen LogP) is 10.1. The number of carbonyl (C=O) groups is 3. The Morgan fingerprint density at radius 3 is 1.40 bits per heavy atom. The van der Waals surface area contributed by atoms with Crippen molar-refractivity contribution in [3.05, 3.63) is 36.5 Å². The molecule has 18 atom stereocenters. The SMILES string of the molecule is CCCCCCCCCCCC/C=C/C(O)C(COC1OC(CO)C(OC2OC(CO)C(O)C(OC3(C(=O)O)CC(O)C(NC(C)=O)C(C(O)C(O)CO)O3)C2O)C(O)C1O)NC(=O)CCCCCCCCCCCCCCCCCCC/C=C\C/C=C\CCCCCCCCCCCCC. The normalized spacial score (nSPS) is 27.0. The second kappa shape index (κ2) is 57.2. The fraction of sp³-hybridized carbons (Fsp3) is 0.885. The van der Waals surface area contributed by atoms with E-state index in [0.29, 0.717) is 12.8 Å². The first-order valence-electron chi connectivity index (χ1n) is 39.9. The van der Waals surface area contributed by atoms with Crippen molar-refractivity contribution in [2.45, 2.75) is 413 Å². The second-order valence-electron chi connectivity index (χ2n) is 28.9. The molecule has 0 bridgehead atoms. The van der Waals surface area contributed by atoms with Crippen molar-refractivity contribution in [3.63, 3.8) is 0 Å². The number of carbonyl (C=O) groups excluding carboxylic acids is 2. The van der Waals surface area contributed by atoms with Gasteiger partial charge >= 0.3 is 5.97 Å². The summed E-state index contributed by atoms with van der Waals surface area (Å²) in [6, 6.07) is -2.62. The van der Waals surface area contributed by atoms with Crippen LogP contribution < -0.4 is 10.6 Å². The Morgan fingerprint density at radius 2 is 0.960 bits per heavy atom. The van der Waals surface area contributed by atoms with Gasteiger partial charge in [-0.3, -0.25) is 9.59 Å². The van der Waals surface area contributed by atoms with Gasteiger partial charge in [0.1, 0.15) is 67.1 Å². The van der Waals surface area contributed by atoms with Crippen LogP contribution in [-0.2, 0) is 42.8 Å². The van der Waals surface area contributed by atoms with Crippen molar-refractivity contribution in [3.8, 4) is 0 Å². The first-order valence-corrected chi connectivity index (χ1v) is 39.9. The fourth-order valence-corrected chi connectivity index (χ4v) is 13.7. The van der Waals surface area contributed by atoms with Crippen molar-refractivity contribution in [2.24, 2.45) is 0 Å². The van der Waals surface area contributed by atoms with Crippen LogP contribution in [0.2, 0.25) is 0 Å². The van der Waals surface area contributed by atoms with Crippen molar-refractivity contribution in [2.75, 3.05) is 26.4 Å². The summed E-state index contributed by atoms with van der Waals surface area (Å²) < 4.78 is 34.8. The van der Waals surface area contributed by atoms with E-state index in [1.807, 2.05) is 6.08 Å². The molecule has 18 unspecified atom stereocenters. The molecule has 3 fully saturated rings. The van der Waals surface area contributed by atoms with E-state index in [9.17, 15) is 75.7 Å². The molecule has 3 saturated heterocycles. The topological polar surface area (TPSA) is 373 Å². The minimum absolute atomic E-state index is 0.201. The van der Waals surface area contributed by atoms with Gasteiger partial charge in [-0.2, -0.15) is 0 Å². The molecule has 0 aromatic rings. The van der Waals surface area contributed by atoms with E-state index in [4.69, 9.17) is 28.4 Å². The molecule has 3 aliphatic heterocycles. The molecule has 0 aliphatic carbocycles. The van der Waals surface area contributed by atoms with Gasteiger partial charge in [0.25, 0.3) is 5.79 Å². The van der Waals surface area contributed by atoms with E-state index < -0.39 is 155 Å². The molecule has 101 heavy (non-hydrogen) atoms. The number of nitrogens with one attached hydrogen (secondary N) is 2. The summed E-state index contributed by atoms with van der Waals surface area (Å²) in [7, 11) is 0. The molecule has 590 valence electrons. The van der Waals surface area contributed by atoms with Gasteiger partial charge in [-0.15, -0.1) is 0 Å². The second-order valence-corrected chi connectivity index (χ2v) is 28.9. The van der Waals surface area contributed by atoms with Crippen LogP contribution in [0.3, 0.4) is 0 Å². The molecule has 3 rings (SSSR count). The van der Waals surface area contributed by atoms with E-state index in [2.05, 4.69) is 48.8 Å². The van der Waals surface area contributed by atoms with Crippen LogP contribution in [0.5, 0.6) is 0 Å². The summed E-state index contributed by atoms with van der Waals surface area (Å²) >= 11 is 0. The van der Waals surface area contributed by atoms with Gasteiger partial charge in [0.05, 0.1) is 50.7 Å². The molecule has 3 aliphatic rings. The first kappa shape index (κ1) is 92.2. The Bertz CT molecular complexity index is 2160. The number of allylic oxidation sites excluding steroid dienone is 5. The van der Waals surface area contributed by atoms with Crippen LogP contribution in [0.4, 0.5) is 0 Å². The Morgan fingerprint density at radius 1 is 0.525 bits per heavy atom. The summed E-state index contributed by atoms with van der Waals surface area (Å²) in [5, 5.41) is 136. The number of carboxylic acid groups (broad SMARTS) is 1. The van der Waals surface area contributed by atoms with E-state index in [1.165, 1.54) is 205 Å². The Kier molecular flexibility index (Phi) is 52.2. The molecule has 0 aromatic heterocycles. The standard InChI is InChI=1S/C78H142N2O21/c1-4-6-8-10-12-14-16-18-19-20-21-22-23-24-25-26-27-28-29-30-31-32-33-34-35-36-37-38-39-40-42-44-46-48-50-52-65(88)80-59(60(85)51-49-47-45-43-41-17-15-13-11-9-7-5-2)57-96-75-70(92)69(91)72(64(56-83)98-75)99-76-71(93)74(68(90)63(55-82)97-76)101-78(77(94)95)53-61(86)66(79-58(3)84)73(100-78)67(89)62(87)54-81/h23-24,26-27,49,51,59-64,66-76,81-83,85-87,89-93H,4-22,25,28-48,50,52-57H2,1-3H3,(H,79,84)(H,80,88)(H,94,95)/b24-23-,27-26-,51-49+. The number of hydrogen-bond acceptors (Lipinski definition) is 20. The van der Waals surface area contributed by atoms with Crippen molar-refractivity contribution in [1.82, 2.24) is 10.6 Å². The predicted molar refractivity (Wildman–Crippen MR) is 389 cm³/mol. The van der Waals surface area contributed by atoms with Crippen LogP contribution in [0.1, 0.15) is 303 Å². The molecule has 2 amide bonds. The minimum atomic E-state index is -3.08. The lowest BCUT2D eigenvalue weighted by Gasteiger charge is -2.50. The highest BCUT2D eigenvalue weighted by Gasteiger charge is 2.60. The number of unbranched alkanes of at least 4 members (excludes halogenated alkanes) is 38. The lowest BCUT2D eigenvalue weighted by atomic mass is 9.88. The molecule has 23 heteroatoms. The number of ether oxygens (including phenoxy) is 6. The number of aliphatic carboxylic acids is 1. The number of hydrogen-bond donors (Lipinski definition) is 14. The highest BCUT2D eigenvalue weighted by Crippen LogP contribution is 2.39. The number of carboxylic acids is 1. The third-order valence-electron chi connectivity index (χ3n) is 20.1. The summed E-state index contributed by atoms with van der Waals surface area (Å²) in [6.07, 6.45) is 35.1. The van der Waals surface area contributed by atoms with E-state index in [-0.39, 0.29) is 12.3 Å². The highest BCUT2D eigenvalue weighted by molar-refractivity contribution is 5.77. The summed E-state index contributed by atoms with van der Waals surface area (Å²) in [6.45, 7) is 2.14. The quantitative estimate of drug-likeness (QED) is 0.0199. The van der Waals surface area contributed by atoms with Crippen LogP contribution in [-0.4, -0.2) is 215 Å². The van der Waals surface area contributed by atoms with Crippen molar-refractivity contribution in [1.29, 1.82) is 0 Å². The summed E-state index contributed by atoms with van der Waals surface area (Å²) in [4.78, 5) is 38.6. The third-order valence-corrected chi connectivity index (χ3v) is 20.1. The average molecular weight is 1440 g/mol. The molecule has 0 spiro atoms. The largest absolute Gasteiger partial charge is 0.477 e. The lowest BCUT2D eigenvalue weighted by molar-refractivity contribution is -0.386. The van der Waals surface area contributed by atoms with Crippen LogP contribution >= 0.6 is 0 Å². The Hall–Kier alpha value is -3.05.